The Kier molecular flexibility index (Phi) is 5.39. The van der Waals surface area contributed by atoms with Crippen molar-refractivity contribution in [3.8, 4) is 0 Å². The van der Waals surface area contributed by atoms with Gasteiger partial charge in [0.05, 0.1) is 12.9 Å². The first-order valence-electron chi connectivity index (χ1n) is 7.69. The largest absolute Gasteiger partial charge is 0.462 e. The lowest BCUT2D eigenvalue weighted by Gasteiger charge is -2.33. The van der Waals surface area contributed by atoms with E-state index in [2.05, 4.69) is 14.7 Å². The van der Waals surface area contributed by atoms with Crippen LogP contribution < -0.4 is 0 Å². The number of hydrogen-bond donors (Lipinski definition) is 0. The van der Waals surface area contributed by atoms with Gasteiger partial charge in [0.15, 0.2) is 5.76 Å². The predicted octanol–water partition coefficient (Wildman–Crippen LogP) is 2.58. The number of amidine groups is 1. The summed E-state index contributed by atoms with van der Waals surface area (Å²) in [5, 5.41) is 0. The fourth-order valence-corrected chi connectivity index (χ4v) is 2.14. The molecule has 1 aliphatic rings. The predicted molar refractivity (Wildman–Crippen MR) is 82.1 cm³/mol. The third-order valence-electron chi connectivity index (χ3n) is 3.43. The molecule has 2 heterocycles. The molecule has 138 valence electrons. The standard InChI is InChI=1S/C15H18F3N3O4/c1-4-21(5-2)13-20-14(15(16,17)18,12(22)23-6-3)19-11(25-13)10-8-7-9-24-10/h7-9H,4-6H2,1-3H3. The molecular formula is C15H18F3N3O4. The summed E-state index contributed by atoms with van der Waals surface area (Å²) in [5.74, 6) is -2.18. The number of hydrogen-bond acceptors (Lipinski definition) is 7. The van der Waals surface area contributed by atoms with E-state index in [4.69, 9.17) is 9.15 Å². The number of alkyl halides is 3. The molecule has 0 bridgehead atoms. The average Bonchev–Trinajstić information content (AvgIpc) is 3.09. The van der Waals surface area contributed by atoms with Crippen molar-refractivity contribution < 1.29 is 31.9 Å². The maximum atomic E-state index is 13.8. The van der Waals surface area contributed by atoms with E-state index in [9.17, 15) is 18.0 Å². The number of furan rings is 1. The average molecular weight is 361 g/mol. The summed E-state index contributed by atoms with van der Waals surface area (Å²) in [7, 11) is 0. The van der Waals surface area contributed by atoms with E-state index in [0.29, 0.717) is 13.1 Å². The molecule has 1 aromatic rings. The molecule has 0 amide bonds. The highest BCUT2D eigenvalue weighted by atomic mass is 19.4. The summed E-state index contributed by atoms with van der Waals surface area (Å²) in [6.07, 6.45) is -3.87. The van der Waals surface area contributed by atoms with Gasteiger partial charge in [0, 0.05) is 13.1 Å². The van der Waals surface area contributed by atoms with Gasteiger partial charge in [-0.05, 0) is 32.9 Å². The van der Waals surface area contributed by atoms with Gasteiger partial charge in [-0.15, -0.1) is 0 Å². The highest BCUT2D eigenvalue weighted by Gasteiger charge is 2.65. The summed E-state index contributed by atoms with van der Waals surface area (Å²) in [6, 6.07) is 2.46. The Morgan fingerprint density at radius 3 is 2.44 bits per heavy atom. The van der Waals surface area contributed by atoms with Crippen LogP contribution in [0.25, 0.3) is 0 Å². The number of aliphatic imine (C=N–C) groups is 2. The molecule has 1 aromatic heterocycles. The highest BCUT2D eigenvalue weighted by Crippen LogP contribution is 2.39. The number of ether oxygens (including phenoxy) is 2. The number of rotatable bonds is 5. The van der Waals surface area contributed by atoms with Crippen LogP contribution in [0.4, 0.5) is 13.2 Å². The summed E-state index contributed by atoms with van der Waals surface area (Å²) >= 11 is 0. The minimum Gasteiger partial charge on any atom is -0.462 e. The third-order valence-corrected chi connectivity index (χ3v) is 3.43. The molecule has 1 unspecified atom stereocenters. The van der Waals surface area contributed by atoms with Crippen molar-refractivity contribution >= 4 is 17.9 Å². The van der Waals surface area contributed by atoms with Crippen molar-refractivity contribution in [3.63, 3.8) is 0 Å². The molecule has 0 spiro atoms. The van der Waals surface area contributed by atoms with Crippen LogP contribution in [0.15, 0.2) is 32.8 Å². The summed E-state index contributed by atoms with van der Waals surface area (Å²) < 4.78 is 56.5. The van der Waals surface area contributed by atoms with E-state index in [-0.39, 0.29) is 18.4 Å². The first-order valence-corrected chi connectivity index (χ1v) is 7.69. The Hall–Kier alpha value is -2.52. The number of nitrogens with zero attached hydrogens (tertiary/aromatic N) is 3. The molecule has 0 radical (unpaired) electrons. The lowest BCUT2D eigenvalue weighted by molar-refractivity contribution is -0.204. The number of esters is 1. The van der Waals surface area contributed by atoms with Crippen molar-refractivity contribution in [2.24, 2.45) is 9.98 Å². The minimum absolute atomic E-state index is 0.0579. The SMILES string of the molecule is CCOC(=O)C1(C(F)(F)F)N=C(c2ccco2)OC(N(CC)CC)=N1. The zero-order valence-electron chi connectivity index (χ0n) is 14.0. The second-order valence-electron chi connectivity index (χ2n) is 4.95. The van der Waals surface area contributed by atoms with E-state index < -0.39 is 23.7 Å². The molecule has 7 nitrogen and oxygen atoms in total. The number of carbonyl (C=O) groups excluding carboxylic acids is 1. The van der Waals surface area contributed by atoms with Crippen LogP contribution in [0.2, 0.25) is 0 Å². The molecule has 0 saturated heterocycles. The van der Waals surface area contributed by atoms with Crippen molar-refractivity contribution in [2.75, 3.05) is 19.7 Å². The third kappa shape index (κ3) is 3.47. The summed E-state index contributed by atoms with van der Waals surface area (Å²) in [6.45, 7) is 5.21. The monoisotopic (exact) mass is 361 g/mol. The Morgan fingerprint density at radius 2 is 1.96 bits per heavy atom. The van der Waals surface area contributed by atoms with E-state index in [1.54, 1.807) is 13.8 Å². The zero-order valence-corrected chi connectivity index (χ0v) is 14.0. The van der Waals surface area contributed by atoms with Gasteiger partial charge in [0.25, 0.3) is 11.9 Å². The van der Waals surface area contributed by atoms with Crippen LogP contribution in [0.3, 0.4) is 0 Å². The summed E-state index contributed by atoms with van der Waals surface area (Å²) in [5.41, 5.74) is -3.44. The molecular weight excluding hydrogens is 343 g/mol. The van der Waals surface area contributed by atoms with Gasteiger partial charge in [0.2, 0.25) is 0 Å². The molecule has 0 fully saturated rings. The van der Waals surface area contributed by atoms with Crippen LogP contribution in [0.5, 0.6) is 0 Å². The van der Waals surface area contributed by atoms with Crippen LogP contribution >= 0.6 is 0 Å². The first-order chi connectivity index (χ1) is 11.8. The molecule has 0 saturated carbocycles. The van der Waals surface area contributed by atoms with Crippen molar-refractivity contribution in [3.05, 3.63) is 24.2 Å². The maximum Gasteiger partial charge on any atom is 0.446 e. The van der Waals surface area contributed by atoms with Gasteiger partial charge in [-0.1, -0.05) is 0 Å². The molecule has 0 aliphatic carbocycles. The van der Waals surface area contributed by atoms with E-state index in [0.717, 1.165) is 0 Å². The quantitative estimate of drug-likeness (QED) is 0.754. The highest BCUT2D eigenvalue weighted by molar-refractivity contribution is 6.04. The fraction of sp³-hybridized carbons (Fsp3) is 0.533. The molecule has 0 N–H and O–H groups in total. The Labute approximate surface area is 142 Å². The molecule has 2 rings (SSSR count). The maximum absolute atomic E-state index is 13.8. The smallest absolute Gasteiger partial charge is 0.446 e. The van der Waals surface area contributed by atoms with Gasteiger partial charge in [0.1, 0.15) is 0 Å². The van der Waals surface area contributed by atoms with Gasteiger partial charge >= 0.3 is 17.8 Å². The summed E-state index contributed by atoms with van der Waals surface area (Å²) in [4.78, 5) is 20.5. The second-order valence-corrected chi connectivity index (χ2v) is 4.95. The second kappa shape index (κ2) is 7.16. The van der Waals surface area contributed by atoms with Gasteiger partial charge in [-0.25, -0.2) is 4.79 Å². The van der Waals surface area contributed by atoms with Crippen LogP contribution in [-0.2, 0) is 14.3 Å². The topological polar surface area (TPSA) is 76.6 Å². The molecule has 1 aliphatic heterocycles. The molecule has 0 aromatic carbocycles. The lowest BCUT2D eigenvalue weighted by atomic mass is 10.1. The Balaban J connectivity index is 2.65. The lowest BCUT2D eigenvalue weighted by Crippen LogP contribution is -2.55. The number of carbonyl (C=O) groups is 1. The normalized spacial score (nSPS) is 20.4. The van der Waals surface area contributed by atoms with Crippen LogP contribution in [0, 0.1) is 0 Å². The van der Waals surface area contributed by atoms with Crippen molar-refractivity contribution in [1.82, 2.24) is 4.90 Å². The number of halogens is 3. The Bertz CT molecular complexity index is 666. The van der Waals surface area contributed by atoms with Crippen LogP contribution in [-0.4, -0.2) is 54.3 Å². The zero-order chi connectivity index (χ0) is 18.7. The first kappa shape index (κ1) is 18.8. The fourth-order valence-electron chi connectivity index (χ4n) is 2.14. The van der Waals surface area contributed by atoms with Gasteiger partial charge in [-0.2, -0.15) is 23.2 Å². The molecule has 1 atom stereocenters. The minimum atomic E-state index is -5.13. The van der Waals surface area contributed by atoms with Crippen molar-refractivity contribution in [1.29, 1.82) is 0 Å². The van der Waals surface area contributed by atoms with E-state index in [1.165, 1.54) is 30.2 Å². The van der Waals surface area contributed by atoms with Gasteiger partial charge in [-0.3, -0.25) is 0 Å². The van der Waals surface area contributed by atoms with Crippen LogP contribution in [0.1, 0.15) is 26.5 Å². The van der Waals surface area contributed by atoms with Gasteiger partial charge < -0.3 is 18.8 Å². The van der Waals surface area contributed by atoms with E-state index in [1.807, 2.05) is 0 Å². The van der Waals surface area contributed by atoms with Crippen molar-refractivity contribution in [2.45, 2.75) is 32.6 Å². The molecule has 25 heavy (non-hydrogen) atoms. The molecule has 10 heteroatoms. The Morgan fingerprint density at radius 1 is 1.28 bits per heavy atom. The van der Waals surface area contributed by atoms with E-state index >= 15 is 0 Å².